The lowest BCUT2D eigenvalue weighted by atomic mass is 10.2. The van der Waals surface area contributed by atoms with E-state index in [1.54, 1.807) is 54.6 Å². The Morgan fingerprint density at radius 1 is 0.939 bits per heavy atom. The molecule has 0 aliphatic heterocycles. The zero-order valence-corrected chi connectivity index (χ0v) is 18.6. The molecule has 8 nitrogen and oxygen atoms in total. The van der Waals surface area contributed by atoms with E-state index in [-0.39, 0.29) is 22.1 Å². The molecule has 0 aliphatic rings. The van der Waals surface area contributed by atoms with Crippen LogP contribution in [0.3, 0.4) is 0 Å². The maximum Gasteiger partial charge on any atom is 0.345 e. The molecule has 0 fully saturated rings. The molecule has 9 heteroatoms. The van der Waals surface area contributed by atoms with Gasteiger partial charge in [-0.05, 0) is 60.5 Å². The van der Waals surface area contributed by atoms with Crippen LogP contribution >= 0.6 is 11.6 Å². The number of esters is 1. The van der Waals surface area contributed by atoms with Crippen molar-refractivity contribution in [2.24, 2.45) is 5.10 Å². The molecule has 0 bridgehead atoms. The first kappa shape index (κ1) is 23.5. The van der Waals surface area contributed by atoms with Crippen LogP contribution in [0.4, 0.5) is 5.69 Å². The summed E-state index contributed by atoms with van der Waals surface area (Å²) in [6, 6.07) is 18.2. The number of nitrogens with zero attached hydrogens (tertiary/aromatic N) is 1. The molecule has 168 valence electrons. The van der Waals surface area contributed by atoms with Gasteiger partial charge in [-0.25, -0.2) is 10.2 Å². The van der Waals surface area contributed by atoms with Crippen molar-refractivity contribution in [3.63, 3.8) is 0 Å². The number of hydrogen-bond acceptors (Lipinski definition) is 6. The average molecular weight is 466 g/mol. The van der Waals surface area contributed by atoms with Crippen LogP contribution in [0.25, 0.3) is 0 Å². The van der Waals surface area contributed by atoms with Crippen LogP contribution in [-0.4, -0.2) is 31.1 Å². The van der Waals surface area contributed by atoms with E-state index < -0.39 is 17.8 Å². The molecule has 2 N–H and O–H groups in total. The summed E-state index contributed by atoms with van der Waals surface area (Å²) in [6.07, 6.45) is 1.32. The van der Waals surface area contributed by atoms with Crippen molar-refractivity contribution in [3.8, 4) is 11.5 Å². The van der Waals surface area contributed by atoms with Gasteiger partial charge in [-0.1, -0.05) is 35.9 Å². The van der Waals surface area contributed by atoms with Crippen molar-refractivity contribution < 1.29 is 23.9 Å². The molecule has 3 aromatic rings. The normalized spacial score (nSPS) is 10.5. The molecule has 3 rings (SSSR count). The number of benzene rings is 3. The molecule has 0 saturated carbocycles. The largest absolute Gasteiger partial charge is 0.493 e. The Morgan fingerprint density at radius 2 is 1.73 bits per heavy atom. The number of nitrogens with one attached hydrogen (secondary N) is 2. The van der Waals surface area contributed by atoms with Crippen LogP contribution in [0.1, 0.15) is 21.5 Å². The Balaban J connectivity index is 1.62. The van der Waals surface area contributed by atoms with E-state index in [1.165, 1.54) is 19.4 Å². The fourth-order valence-corrected chi connectivity index (χ4v) is 2.97. The third kappa shape index (κ3) is 6.41. The van der Waals surface area contributed by atoms with Crippen LogP contribution in [0, 0.1) is 6.92 Å². The summed E-state index contributed by atoms with van der Waals surface area (Å²) in [7, 11) is 1.42. The van der Waals surface area contributed by atoms with Crippen LogP contribution in [0.15, 0.2) is 71.8 Å². The monoisotopic (exact) mass is 465 g/mol. The number of methoxy groups -OCH3 is 1. The first-order chi connectivity index (χ1) is 15.9. The molecule has 0 unspecified atom stereocenters. The summed E-state index contributed by atoms with van der Waals surface area (Å²) in [5.41, 5.74) is 4.36. The van der Waals surface area contributed by atoms with Gasteiger partial charge < -0.3 is 14.8 Å². The van der Waals surface area contributed by atoms with Gasteiger partial charge in [-0.3, -0.25) is 9.59 Å². The van der Waals surface area contributed by atoms with Gasteiger partial charge in [0.2, 0.25) is 0 Å². The first-order valence-electron chi connectivity index (χ1n) is 9.73. The number of hydrazone groups is 1. The molecule has 0 aliphatic carbocycles. The Bertz CT molecular complexity index is 1230. The minimum absolute atomic E-state index is 0.182. The van der Waals surface area contributed by atoms with E-state index in [2.05, 4.69) is 15.8 Å². The molecule has 0 spiro atoms. The Labute approximate surface area is 195 Å². The molecule has 0 atom stereocenters. The van der Waals surface area contributed by atoms with Crippen LogP contribution in [0.5, 0.6) is 11.5 Å². The van der Waals surface area contributed by atoms with Crippen molar-refractivity contribution in [3.05, 3.63) is 88.4 Å². The Kier molecular flexibility index (Phi) is 7.77. The van der Waals surface area contributed by atoms with E-state index in [1.807, 2.05) is 13.0 Å². The van der Waals surface area contributed by atoms with Crippen molar-refractivity contribution in [1.82, 2.24) is 5.43 Å². The highest BCUT2D eigenvalue weighted by Gasteiger charge is 2.16. The van der Waals surface area contributed by atoms with E-state index in [0.29, 0.717) is 11.3 Å². The summed E-state index contributed by atoms with van der Waals surface area (Å²) < 4.78 is 10.7. The van der Waals surface area contributed by atoms with E-state index in [4.69, 9.17) is 21.1 Å². The van der Waals surface area contributed by atoms with Gasteiger partial charge in [0.15, 0.2) is 11.5 Å². The van der Waals surface area contributed by atoms with Gasteiger partial charge in [0, 0.05) is 5.69 Å². The lowest BCUT2D eigenvalue weighted by Gasteiger charge is -2.10. The van der Waals surface area contributed by atoms with E-state index in [9.17, 15) is 14.4 Å². The topological polar surface area (TPSA) is 106 Å². The number of halogens is 1. The van der Waals surface area contributed by atoms with Crippen LogP contribution in [0.2, 0.25) is 5.02 Å². The van der Waals surface area contributed by atoms with Gasteiger partial charge in [-0.2, -0.15) is 5.10 Å². The lowest BCUT2D eigenvalue weighted by Crippen LogP contribution is -2.32. The van der Waals surface area contributed by atoms with Crippen molar-refractivity contribution >= 4 is 41.3 Å². The molecule has 0 heterocycles. The maximum absolute atomic E-state index is 12.4. The zero-order chi connectivity index (χ0) is 23.8. The third-order valence-corrected chi connectivity index (χ3v) is 4.68. The minimum Gasteiger partial charge on any atom is -0.493 e. The predicted octanol–water partition coefficient (Wildman–Crippen LogP) is 3.97. The standard InChI is InChI=1S/C24H20ClN3O5/c1-15-6-5-7-17(12-15)27-22(29)23(30)28-26-14-16-10-11-20(21(13-16)32-2)33-24(31)18-8-3-4-9-19(18)25/h3-14H,1-2H3,(H,27,29)(H,28,30)/b26-14+. The molecule has 2 amide bonds. The number of anilines is 1. The molecular weight excluding hydrogens is 446 g/mol. The second-order valence-electron chi connectivity index (χ2n) is 6.80. The third-order valence-electron chi connectivity index (χ3n) is 4.35. The maximum atomic E-state index is 12.4. The van der Waals surface area contributed by atoms with Gasteiger partial charge in [0.05, 0.1) is 23.9 Å². The van der Waals surface area contributed by atoms with Crippen molar-refractivity contribution in [2.45, 2.75) is 6.92 Å². The highest BCUT2D eigenvalue weighted by Crippen LogP contribution is 2.29. The summed E-state index contributed by atoms with van der Waals surface area (Å²) in [6.45, 7) is 1.87. The molecular formula is C24H20ClN3O5. The molecule has 0 saturated heterocycles. The quantitative estimate of drug-likeness (QED) is 0.188. The van der Waals surface area contributed by atoms with E-state index >= 15 is 0 Å². The number of aryl methyl sites for hydroxylation is 1. The molecule has 0 radical (unpaired) electrons. The van der Waals surface area contributed by atoms with Crippen LogP contribution in [-0.2, 0) is 9.59 Å². The fraction of sp³-hybridized carbons (Fsp3) is 0.0833. The lowest BCUT2D eigenvalue weighted by molar-refractivity contribution is -0.136. The first-order valence-corrected chi connectivity index (χ1v) is 10.1. The molecule has 3 aromatic carbocycles. The van der Waals surface area contributed by atoms with Crippen LogP contribution < -0.4 is 20.2 Å². The second-order valence-corrected chi connectivity index (χ2v) is 7.21. The molecule has 33 heavy (non-hydrogen) atoms. The summed E-state index contributed by atoms with van der Waals surface area (Å²) in [4.78, 5) is 36.3. The summed E-state index contributed by atoms with van der Waals surface area (Å²) >= 11 is 6.03. The number of rotatable bonds is 6. The Hall–Kier alpha value is -4.17. The minimum atomic E-state index is -0.926. The number of ether oxygens (including phenoxy) is 2. The fourth-order valence-electron chi connectivity index (χ4n) is 2.76. The highest BCUT2D eigenvalue weighted by molar-refractivity contribution is 6.39. The van der Waals surface area contributed by atoms with Gasteiger partial charge in [0.25, 0.3) is 0 Å². The van der Waals surface area contributed by atoms with Crippen molar-refractivity contribution in [1.29, 1.82) is 0 Å². The van der Waals surface area contributed by atoms with Crippen molar-refractivity contribution in [2.75, 3.05) is 12.4 Å². The van der Waals surface area contributed by atoms with Gasteiger partial charge >= 0.3 is 17.8 Å². The number of carbonyl (C=O) groups excluding carboxylic acids is 3. The molecule has 0 aromatic heterocycles. The highest BCUT2D eigenvalue weighted by atomic mass is 35.5. The summed E-state index contributed by atoms with van der Waals surface area (Å²) in [5.74, 6) is -1.96. The predicted molar refractivity (Wildman–Crippen MR) is 125 cm³/mol. The zero-order valence-electron chi connectivity index (χ0n) is 17.8. The van der Waals surface area contributed by atoms with Gasteiger partial charge in [-0.15, -0.1) is 0 Å². The Morgan fingerprint density at radius 3 is 2.45 bits per heavy atom. The average Bonchev–Trinajstić information content (AvgIpc) is 2.80. The SMILES string of the molecule is COc1cc(/C=N/NC(=O)C(=O)Nc2cccc(C)c2)ccc1OC(=O)c1ccccc1Cl. The summed E-state index contributed by atoms with van der Waals surface area (Å²) in [5, 5.41) is 6.54. The smallest absolute Gasteiger partial charge is 0.345 e. The number of amides is 2. The number of hydrogen-bond donors (Lipinski definition) is 2. The number of carbonyl (C=O) groups is 3. The van der Waals surface area contributed by atoms with E-state index in [0.717, 1.165) is 5.56 Å². The van der Waals surface area contributed by atoms with Gasteiger partial charge in [0.1, 0.15) is 0 Å². The second kappa shape index (κ2) is 10.9.